The molecule has 0 N–H and O–H groups in total. The molecule has 0 saturated carbocycles. The number of rotatable bonds is 2. The molecule has 1 aromatic carbocycles. The van der Waals surface area contributed by atoms with E-state index < -0.39 is 17.4 Å². The van der Waals surface area contributed by atoms with Crippen LogP contribution in [0.1, 0.15) is 15.9 Å². The summed E-state index contributed by atoms with van der Waals surface area (Å²) in [5.41, 5.74) is 0.216. The normalized spacial score (nSPS) is 10.3. The van der Waals surface area contributed by atoms with Gasteiger partial charge in [-0.15, -0.1) is 0 Å². The minimum atomic E-state index is -0.608. The number of halogens is 3. The average molecular weight is 298 g/mol. The van der Waals surface area contributed by atoms with Gasteiger partial charge in [-0.1, -0.05) is 6.07 Å². The van der Waals surface area contributed by atoms with Crippen LogP contribution in [-0.2, 0) is 0 Å². The number of nitrogens with zero attached hydrogens (tertiary/aromatic N) is 1. The van der Waals surface area contributed by atoms with E-state index in [2.05, 4.69) is 20.9 Å². The highest BCUT2D eigenvalue weighted by Crippen LogP contribution is 2.23. The molecule has 2 rings (SSSR count). The lowest BCUT2D eigenvalue weighted by Gasteiger charge is -2.04. The van der Waals surface area contributed by atoms with Crippen LogP contribution in [0.15, 0.2) is 41.1 Å². The van der Waals surface area contributed by atoms with E-state index in [4.69, 9.17) is 0 Å². The van der Waals surface area contributed by atoms with Crippen LogP contribution in [0, 0.1) is 11.6 Å². The molecule has 0 radical (unpaired) electrons. The van der Waals surface area contributed by atoms with E-state index in [0.717, 1.165) is 12.3 Å². The molecule has 1 aromatic heterocycles. The molecule has 2 nitrogen and oxygen atoms in total. The first kappa shape index (κ1) is 11.9. The molecule has 0 bridgehead atoms. The third-order valence-electron chi connectivity index (χ3n) is 2.16. The second-order valence-corrected chi connectivity index (χ2v) is 4.12. The van der Waals surface area contributed by atoms with Gasteiger partial charge >= 0.3 is 0 Å². The summed E-state index contributed by atoms with van der Waals surface area (Å²) in [6.45, 7) is 0. The van der Waals surface area contributed by atoms with Crippen molar-refractivity contribution < 1.29 is 13.6 Å². The zero-order chi connectivity index (χ0) is 12.4. The van der Waals surface area contributed by atoms with E-state index in [1.54, 1.807) is 0 Å². The van der Waals surface area contributed by atoms with Crippen LogP contribution in [0.5, 0.6) is 0 Å². The molecule has 5 heteroatoms. The standard InChI is InChI=1S/C12H6BrF2NO/c13-11-9(2-1-3-10(11)15)12(17)7-4-8(14)6-16-5-7/h1-6H. The molecule has 0 saturated heterocycles. The largest absolute Gasteiger partial charge is 0.289 e. The Morgan fingerprint density at radius 2 is 2.00 bits per heavy atom. The zero-order valence-electron chi connectivity index (χ0n) is 8.45. The van der Waals surface area contributed by atoms with Gasteiger partial charge in [0.25, 0.3) is 0 Å². The molecule has 17 heavy (non-hydrogen) atoms. The van der Waals surface area contributed by atoms with Crippen molar-refractivity contribution in [3.05, 3.63) is 63.9 Å². The van der Waals surface area contributed by atoms with E-state index in [9.17, 15) is 13.6 Å². The molecular weight excluding hydrogens is 292 g/mol. The van der Waals surface area contributed by atoms with E-state index in [1.807, 2.05) is 0 Å². The second-order valence-electron chi connectivity index (χ2n) is 3.32. The number of benzene rings is 1. The maximum Gasteiger partial charge on any atom is 0.195 e. The molecule has 0 aliphatic heterocycles. The Hall–Kier alpha value is -1.62. The first-order chi connectivity index (χ1) is 8.09. The van der Waals surface area contributed by atoms with Crippen molar-refractivity contribution in [3.63, 3.8) is 0 Å². The SMILES string of the molecule is O=C(c1cncc(F)c1)c1cccc(F)c1Br. The Balaban J connectivity index is 2.48. The van der Waals surface area contributed by atoms with Gasteiger partial charge in [0, 0.05) is 17.3 Å². The van der Waals surface area contributed by atoms with Gasteiger partial charge in [-0.05, 0) is 34.1 Å². The molecule has 0 unspecified atom stereocenters. The summed E-state index contributed by atoms with van der Waals surface area (Å²) in [7, 11) is 0. The lowest BCUT2D eigenvalue weighted by Crippen LogP contribution is -2.04. The summed E-state index contributed by atoms with van der Waals surface area (Å²) in [5, 5.41) is 0. The maximum absolute atomic E-state index is 13.2. The minimum absolute atomic E-state index is 0.0641. The van der Waals surface area contributed by atoms with Crippen LogP contribution in [0.25, 0.3) is 0 Å². The topological polar surface area (TPSA) is 30.0 Å². The number of pyridine rings is 1. The van der Waals surface area contributed by atoms with Crippen LogP contribution in [-0.4, -0.2) is 10.8 Å². The maximum atomic E-state index is 13.2. The number of carbonyl (C=O) groups excluding carboxylic acids is 1. The number of aromatic nitrogens is 1. The van der Waals surface area contributed by atoms with E-state index in [-0.39, 0.29) is 15.6 Å². The van der Waals surface area contributed by atoms with Crippen molar-refractivity contribution >= 4 is 21.7 Å². The Morgan fingerprint density at radius 1 is 1.24 bits per heavy atom. The average Bonchev–Trinajstić information content (AvgIpc) is 2.32. The van der Waals surface area contributed by atoms with Gasteiger partial charge in [-0.2, -0.15) is 0 Å². The van der Waals surface area contributed by atoms with Gasteiger partial charge in [0.2, 0.25) is 0 Å². The van der Waals surface area contributed by atoms with E-state index in [1.165, 1.54) is 24.4 Å². The predicted molar refractivity (Wildman–Crippen MR) is 61.7 cm³/mol. The predicted octanol–water partition coefficient (Wildman–Crippen LogP) is 3.35. The summed E-state index contributed by atoms with van der Waals surface area (Å²) < 4.78 is 26.2. The van der Waals surface area contributed by atoms with Crippen LogP contribution < -0.4 is 0 Å². The van der Waals surface area contributed by atoms with Gasteiger partial charge in [0.15, 0.2) is 5.78 Å². The fourth-order valence-corrected chi connectivity index (χ4v) is 1.82. The summed E-state index contributed by atoms with van der Waals surface area (Å²) >= 11 is 2.99. The van der Waals surface area contributed by atoms with Gasteiger partial charge in [-0.3, -0.25) is 9.78 Å². The Bertz CT molecular complexity index is 586. The number of carbonyl (C=O) groups is 1. The molecule has 2 aromatic rings. The lowest BCUT2D eigenvalue weighted by atomic mass is 10.1. The minimum Gasteiger partial charge on any atom is -0.289 e. The van der Waals surface area contributed by atoms with Crippen molar-refractivity contribution in [2.75, 3.05) is 0 Å². The van der Waals surface area contributed by atoms with Crippen molar-refractivity contribution in [1.29, 1.82) is 0 Å². The van der Waals surface area contributed by atoms with E-state index in [0.29, 0.717) is 0 Å². The third-order valence-corrected chi connectivity index (χ3v) is 2.97. The number of hydrogen-bond donors (Lipinski definition) is 0. The second kappa shape index (κ2) is 4.71. The molecule has 0 spiro atoms. The first-order valence-corrected chi connectivity index (χ1v) is 5.48. The summed E-state index contributed by atoms with van der Waals surface area (Å²) in [6.07, 6.45) is 2.24. The fourth-order valence-electron chi connectivity index (χ4n) is 1.37. The first-order valence-electron chi connectivity index (χ1n) is 4.69. The smallest absolute Gasteiger partial charge is 0.195 e. The van der Waals surface area contributed by atoms with Gasteiger partial charge in [0.1, 0.15) is 11.6 Å². The highest BCUT2D eigenvalue weighted by atomic mass is 79.9. The highest BCUT2D eigenvalue weighted by molar-refractivity contribution is 9.10. The summed E-state index contributed by atoms with van der Waals surface area (Å²) in [4.78, 5) is 15.5. The van der Waals surface area contributed by atoms with Crippen LogP contribution in [0.4, 0.5) is 8.78 Å². The highest BCUT2D eigenvalue weighted by Gasteiger charge is 2.15. The molecule has 0 atom stereocenters. The molecule has 0 aliphatic carbocycles. The molecule has 0 fully saturated rings. The molecule has 0 aliphatic rings. The Labute approximate surface area is 104 Å². The summed E-state index contributed by atoms with van der Waals surface area (Å²) in [6, 6.07) is 5.16. The Morgan fingerprint density at radius 3 is 2.71 bits per heavy atom. The third kappa shape index (κ3) is 2.39. The van der Waals surface area contributed by atoms with Gasteiger partial charge < -0.3 is 0 Å². The Kier molecular flexibility index (Phi) is 3.28. The van der Waals surface area contributed by atoms with Crippen LogP contribution in [0.3, 0.4) is 0 Å². The number of ketones is 1. The van der Waals surface area contributed by atoms with Crippen LogP contribution in [0.2, 0.25) is 0 Å². The lowest BCUT2D eigenvalue weighted by molar-refractivity contribution is 0.103. The van der Waals surface area contributed by atoms with E-state index >= 15 is 0 Å². The zero-order valence-corrected chi connectivity index (χ0v) is 10.0. The molecular formula is C12H6BrF2NO. The summed E-state index contributed by atoms with van der Waals surface area (Å²) in [5.74, 6) is -1.63. The molecule has 86 valence electrons. The van der Waals surface area contributed by atoms with Crippen molar-refractivity contribution in [2.24, 2.45) is 0 Å². The van der Waals surface area contributed by atoms with Crippen molar-refractivity contribution in [1.82, 2.24) is 4.98 Å². The fraction of sp³-hybridized carbons (Fsp3) is 0. The van der Waals surface area contributed by atoms with Crippen molar-refractivity contribution in [3.8, 4) is 0 Å². The van der Waals surface area contributed by atoms with Crippen molar-refractivity contribution in [2.45, 2.75) is 0 Å². The molecule has 1 heterocycles. The van der Waals surface area contributed by atoms with Gasteiger partial charge in [0.05, 0.1) is 10.7 Å². The molecule has 0 amide bonds. The number of hydrogen-bond acceptors (Lipinski definition) is 2. The monoisotopic (exact) mass is 297 g/mol. The quantitative estimate of drug-likeness (QED) is 0.796. The van der Waals surface area contributed by atoms with Gasteiger partial charge in [-0.25, -0.2) is 8.78 Å². The van der Waals surface area contributed by atoms with Crippen LogP contribution >= 0.6 is 15.9 Å².